The summed E-state index contributed by atoms with van der Waals surface area (Å²) in [6.07, 6.45) is 1.77. The SMILES string of the molecule is COc1cc(/C=c2\sc3nc4ccccc4n3c2=O)ccc1OCC(N)=O. The van der Waals surface area contributed by atoms with E-state index in [1.165, 1.54) is 18.4 Å². The minimum absolute atomic E-state index is 0.114. The Kier molecular flexibility index (Phi) is 4.25. The molecule has 0 aliphatic rings. The van der Waals surface area contributed by atoms with Crippen LogP contribution in [0.25, 0.3) is 22.1 Å². The normalized spacial score (nSPS) is 12.0. The maximum Gasteiger partial charge on any atom is 0.274 e. The predicted molar refractivity (Wildman–Crippen MR) is 103 cm³/mol. The van der Waals surface area contributed by atoms with Gasteiger partial charge >= 0.3 is 0 Å². The summed E-state index contributed by atoms with van der Waals surface area (Å²) >= 11 is 1.33. The lowest BCUT2D eigenvalue weighted by Crippen LogP contribution is -2.22. The first-order chi connectivity index (χ1) is 13.1. The largest absolute Gasteiger partial charge is 0.493 e. The van der Waals surface area contributed by atoms with Crippen molar-refractivity contribution in [1.29, 1.82) is 0 Å². The van der Waals surface area contributed by atoms with Crippen LogP contribution in [0, 0.1) is 0 Å². The number of thiazole rings is 1. The van der Waals surface area contributed by atoms with Gasteiger partial charge in [-0.15, -0.1) is 0 Å². The molecule has 27 heavy (non-hydrogen) atoms. The highest BCUT2D eigenvalue weighted by atomic mass is 32.1. The molecule has 2 N–H and O–H groups in total. The Hall–Kier alpha value is -3.39. The summed E-state index contributed by atoms with van der Waals surface area (Å²) in [6.45, 7) is -0.237. The number of primary amides is 1. The van der Waals surface area contributed by atoms with Crippen molar-refractivity contribution >= 4 is 39.3 Å². The molecule has 4 rings (SSSR count). The van der Waals surface area contributed by atoms with Gasteiger partial charge in [0.25, 0.3) is 11.5 Å². The van der Waals surface area contributed by atoms with Gasteiger partial charge in [-0.1, -0.05) is 29.5 Å². The number of imidazole rings is 1. The number of methoxy groups -OCH3 is 1. The number of nitrogens with two attached hydrogens (primary N) is 1. The Morgan fingerprint density at radius 2 is 2.07 bits per heavy atom. The summed E-state index contributed by atoms with van der Waals surface area (Å²) in [6, 6.07) is 12.7. The Balaban J connectivity index is 1.78. The van der Waals surface area contributed by atoms with Gasteiger partial charge in [-0.2, -0.15) is 0 Å². The quantitative estimate of drug-likeness (QED) is 0.563. The Labute approximate surface area is 157 Å². The molecule has 0 bridgehead atoms. The van der Waals surface area contributed by atoms with Crippen molar-refractivity contribution in [2.75, 3.05) is 13.7 Å². The fraction of sp³-hybridized carbons (Fsp3) is 0.105. The average molecular weight is 381 g/mol. The zero-order valence-electron chi connectivity index (χ0n) is 14.3. The Morgan fingerprint density at radius 3 is 2.85 bits per heavy atom. The highest BCUT2D eigenvalue weighted by molar-refractivity contribution is 7.15. The molecule has 0 spiro atoms. The molecule has 0 aliphatic heterocycles. The number of aromatic nitrogens is 2. The van der Waals surface area contributed by atoms with Crippen molar-refractivity contribution in [3.05, 3.63) is 62.9 Å². The molecule has 1 amide bonds. The van der Waals surface area contributed by atoms with Gasteiger partial charge in [0.1, 0.15) is 0 Å². The van der Waals surface area contributed by atoms with Crippen LogP contribution >= 0.6 is 11.3 Å². The van der Waals surface area contributed by atoms with Crippen LogP contribution in [0.1, 0.15) is 5.56 Å². The second-order valence-electron chi connectivity index (χ2n) is 5.80. The summed E-state index contributed by atoms with van der Waals surface area (Å²) in [5, 5.41) is 0. The molecule has 0 fully saturated rings. The van der Waals surface area contributed by atoms with Crippen LogP contribution in [0.5, 0.6) is 11.5 Å². The van der Waals surface area contributed by atoms with Crippen molar-refractivity contribution in [3.63, 3.8) is 0 Å². The summed E-state index contributed by atoms with van der Waals surface area (Å²) in [5.74, 6) is 0.282. The summed E-state index contributed by atoms with van der Waals surface area (Å²) < 4.78 is 12.8. The fourth-order valence-corrected chi connectivity index (χ4v) is 3.79. The van der Waals surface area contributed by atoms with Gasteiger partial charge in [0.2, 0.25) is 0 Å². The number of rotatable bonds is 5. The monoisotopic (exact) mass is 381 g/mol. The molecule has 4 aromatic rings. The third kappa shape index (κ3) is 3.11. The maximum absolute atomic E-state index is 12.8. The van der Waals surface area contributed by atoms with Gasteiger partial charge in [-0.3, -0.25) is 9.59 Å². The first kappa shape index (κ1) is 17.0. The number of benzene rings is 2. The van der Waals surface area contributed by atoms with E-state index in [1.807, 2.05) is 24.3 Å². The van der Waals surface area contributed by atoms with E-state index in [0.29, 0.717) is 21.0 Å². The van der Waals surface area contributed by atoms with Crippen LogP contribution in [0.2, 0.25) is 0 Å². The van der Waals surface area contributed by atoms with Crippen molar-refractivity contribution in [3.8, 4) is 11.5 Å². The standard InChI is InChI=1S/C19H15N3O4S/c1-25-15-8-11(6-7-14(15)26-10-17(20)23)9-16-18(24)22-13-5-3-2-4-12(13)21-19(22)27-16/h2-9H,10H2,1H3,(H2,20,23)/b16-9-. The topological polar surface area (TPSA) is 95.9 Å². The van der Waals surface area contributed by atoms with E-state index >= 15 is 0 Å². The first-order valence-electron chi connectivity index (χ1n) is 8.07. The average Bonchev–Trinajstić information content (AvgIpc) is 3.17. The number of nitrogens with zero attached hydrogens (tertiary/aromatic N) is 2. The molecule has 0 unspecified atom stereocenters. The maximum atomic E-state index is 12.8. The van der Waals surface area contributed by atoms with Gasteiger partial charge < -0.3 is 15.2 Å². The van der Waals surface area contributed by atoms with E-state index in [4.69, 9.17) is 15.2 Å². The van der Waals surface area contributed by atoms with E-state index in [2.05, 4.69) is 4.98 Å². The van der Waals surface area contributed by atoms with E-state index in [0.717, 1.165) is 16.6 Å². The molecule has 0 atom stereocenters. The molecule has 2 heterocycles. The molecule has 2 aromatic carbocycles. The minimum Gasteiger partial charge on any atom is -0.493 e. The molecule has 0 saturated carbocycles. The van der Waals surface area contributed by atoms with Gasteiger partial charge in [0.15, 0.2) is 23.1 Å². The second kappa shape index (κ2) is 6.73. The van der Waals surface area contributed by atoms with Crippen molar-refractivity contribution in [1.82, 2.24) is 9.38 Å². The van der Waals surface area contributed by atoms with Crippen molar-refractivity contribution < 1.29 is 14.3 Å². The number of amides is 1. The van der Waals surface area contributed by atoms with Gasteiger partial charge in [0.05, 0.1) is 22.7 Å². The zero-order valence-corrected chi connectivity index (χ0v) is 15.2. The summed E-state index contributed by atoms with van der Waals surface area (Å²) in [4.78, 5) is 28.8. The molecule has 0 saturated heterocycles. The van der Waals surface area contributed by atoms with Crippen LogP contribution in [-0.4, -0.2) is 29.0 Å². The Morgan fingerprint density at radius 1 is 1.26 bits per heavy atom. The lowest BCUT2D eigenvalue weighted by atomic mass is 10.2. The van der Waals surface area contributed by atoms with Crippen molar-refractivity contribution in [2.45, 2.75) is 0 Å². The molecule has 0 radical (unpaired) electrons. The third-order valence-electron chi connectivity index (χ3n) is 4.00. The molecule has 136 valence electrons. The highest BCUT2D eigenvalue weighted by Crippen LogP contribution is 2.28. The van der Waals surface area contributed by atoms with Crippen LogP contribution in [0.3, 0.4) is 0 Å². The minimum atomic E-state index is -0.571. The lowest BCUT2D eigenvalue weighted by molar-refractivity contribution is -0.119. The Bertz CT molecular complexity index is 1280. The molecular weight excluding hydrogens is 366 g/mol. The third-order valence-corrected chi connectivity index (χ3v) is 4.97. The molecule has 7 nitrogen and oxygen atoms in total. The zero-order chi connectivity index (χ0) is 19.0. The number of ether oxygens (including phenoxy) is 2. The van der Waals surface area contributed by atoms with Gasteiger partial charge in [0, 0.05) is 0 Å². The van der Waals surface area contributed by atoms with Gasteiger partial charge in [-0.05, 0) is 35.9 Å². The van der Waals surface area contributed by atoms with E-state index < -0.39 is 5.91 Å². The smallest absolute Gasteiger partial charge is 0.274 e. The fourth-order valence-electron chi connectivity index (χ4n) is 2.81. The predicted octanol–water partition coefficient (Wildman–Crippen LogP) is 1.33. The molecule has 0 aliphatic carbocycles. The van der Waals surface area contributed by atoms with Crippen LogP contribution in [0.15, 0.2) is 47.3 Å². The summed E-state index contributed by atoms with van der Waals surface area (Å²) in [7, 11) is 1.50. The molecular formula is C19H15N3O4S. The van der Waals surface area contributed by atoms with E-state index in [9.17, 15) is 9.59 Å². The molecule has 2 aromatic heterocycles. The van der Waals surface area contributed by atoms with Crippen molar-refractivity contribution in [2.24, 2.45) is 5.73 Å². The highest BCUT2D eigenvalue weighted by Gasteiger charge is 2.11. The lowest BCUT2D eigenvalue weighted by Gasteiger charge is -2.09. The number of carbonyl (C=O) groups is 1. The number of hydrogen-bond donors (Lipinski definition) is 1. The number of para-hydroxylation sites is 2. The van der Waals surface area contributed by atoms with Crippen LogP contribution < -0.4 is 25.3 Å². The molecule has 8 heteroatoms. The number of carbonyl (C=O) groups excluding carboxylic acids is 1. The number of fused-ring (bicyclic) bond motifs is 3. The van der Waals surface area contributed by atoms with E-state index in [-0.39, 0.29) is 12.2 Å². The first-order valence-corrected chi connectivity index (χ1v) is 8.89. The van der Waals surface area contributed by atoms with Crippen LogP contribution in [0.4, 0.5) is 0 Å². The summed E-state index contributed by atoms with van der Waals surface area (Å²) in [5.41, 5.74) is 7.34. The van der Waals surface area contributed by atoms with E-state index in [1.54, 1.807) is 28.7 Å². The second-order valence-corrected chi connectivity index (χ2v) is 6.81. The van der Waals surface area contributed by atoms with Crippen LogP contribution in [-0.2, 0) is 4.79 Å². The number of hydrogen-bond acceptors (Lipinski definition) is 6. The van der Waals surface area contributed by atoms with Gasteiger partial charge in [-0.25, -0.2) is 9.38 Å².